The fourth-order valence-corrected chi connectivity index (χ4v) is 5.85. The second kappa shape index (κ2) is 9.82. The largest absolute Gasteiger partial charge is 0.489 e. The molecule has 0 saturated carbocycles. The summed E-state index contributed by atoms with van der Waals surface area (Å²) in [4.78, 5) is 27.8. The van der Waals surface area contributed by atoms with Crippen LogP contribution in [0.15, 0.2) is 59.1 Å². The molecule has 2 aromatic heterocycles. The predicted octanol–water partition coefficient (Wildman–Crippen LogP) is 4.23. The Morgan fingerprint density at radius 3 is 2.53 bits per heavy atom. The third kappa shape index (κ3) is 5.31. The number of amides is 1. The molecule has 12 nitrogen and oxygen atoms in total. The standard InChI is InChI=1S/C23H24N5O7P/c1-16(35-36(32,26-9-10-26)27-11-12-27)21-14-20(28(30)31)23(34-21)25-22(29)19-13-18(7-8-24-19)33-15-17-5-3-2-4-6-17/h2-8,13-14,16H,9-12,15H2,1H3,(H,25,29). The first-order chi connectivity index (χ1) is 17.3. The summed E-state index contributed by atoms with van der Waals surface area (Å²) in [6.45, 7) is 4.57. The van der Waals surface area contributed by atoms with Crippen molar-refractivity contribution >= 4 is 25.1 Å². The lowest BCUT2D eigenvalue weighted by atomic mass is 10.2. The summed E-state index contributed by atoms with van der Waals surface area (Å²) in [5, 5.41) is 14.0. The highest BCUT2D eigenvalue weighted by Crippen LogP contribution is 2.63. The van der Waals surface area contributed by atoms with Gasteiger partial charge in [-0.1, -0.05) is 30.3 Å². The van der Waals surface area contributed by atoms with E-state index in [1.807, 2.05) is 30.3 Å². The Morgan fingerprint density at radius 1 is 1.19 bits per heavy atom. The van der Waals surface area contributed by atoms with Crippen molar-refractivity contribution in [3.63, 3.8) is 0 Å². The van der Waals surface area contributed by atoms with Gasteiger partial charge in [-0.15, -0.1) is 0 Å². The number of pyridine rings is 1. The number of rotatable bonds is 11. The molecule has 0 radical (unpaired) electrons. The van der Waals surface area contributed by atoms with Gasteiger partial charge in [0.1, 0.15) is 29.9 Å². The van der Waals surface area contributed by atoms with Gasteiger partial charge in [-0.3, -0.25) is 34.3 Å². The van der Waals surface area contributed by atoms with E-state index < -0.39 is 30.3 Å². The van der Waals surface area contributed by atoms with E-state index in [0.29, 0.717) is 38.5 Å². The van der Waals surface area contributed by atoms with Crippen LogP contribution >= 0.6 is 7.67 Å². The van der Waals surface area contributed by atoms with Crippen LogP contribution in [0.3, 0.4) is 0 Å². The Hall–Kier alpha value is -3.57. The van der Waals surface area contributed by atoms with E-state index in [9.17, 15) is 19.5 Å². The number of aromatic nitrogens is 1. The topological polar surface area (TPSA) is 140 Å². The minimum absolute atomic E-state index is 0.00956. The van der Waals surface area contributed by atoms with E-state index in [1.165, 1.54) is 18.3 Å². The number of carbonyl (C=O) groups is 1. The molecule has 1 N–H and O–H groups in total. The third-order valence-electron chi connectivity index (χ3n) is 5.63. The summed E-state index contributed by atoms with van der Waals surface area (Å²) in [6, 6.07) is 13.7. The van der Waals surface area contributed by atoms with Gasteiger partial charge < -0.3 is 9.15 Å². The Kier molecular flexibility index (Phi) is 6.59. The fourth-order valence-electron chi connectivity index (χ4n) is 3.52. The second-order valence-corrected chi connectivity index (χ2v) is 10.7. The van der Waals surface area contributed by atoms with Gasteiger partial charge in [0.25, 0.3) is 11.8 Å². The zero-order valence-electron chi connectivity index (χ0n) is 19.4. The maximum atomic E-state index is 13.2. The molecule has 1 unspecified atom stereocenters. The van der Waals surface area contributed by atoms with Crippen LogP contribution in [0, 0.1) is 10.1 Å². The number of ether oxygens (including phenoxy) is 1. The molecular weight excluding hydrogens is 489 g/mol. The molecule has 2 saturated heterocycles. The maximum absolute atomic E-state index is 13.2. The molecule has 5 rings (SSSR count). The van der Waals surface area contributed by atoms with Crippen LogP contribution in [0.2, 0.25) is 0 Å². The summed E-state index contributed by atoms with van der Waals surface area (Å²) in [5.41, 5.74) is 0.500. The first-order valence-electron chi connectivity index (χ1n) is 11.3. The molecule has 0 spiro atoms. The van der Waals surface area contributed by atoms with E-state index in [2.05, 4.69) is 10.3 Å². The SMILES string of the molecule is CC(OP(=O)(N1CC1)N1CC1)c1cc([N+](=O)[O-])c(NC(=O)c2cc(OCc3ccccc3)ccn2)o1. The van der Waals surface area contributed by atoms with Crippen LogP contribution in [0.4, 0.5) is 11.6 Å². The molecule has 188 valence electrons. The molecule has 2 aliphatic rings. The molecule has 13 heteroatoms. The van der Waals surface area contributed by atoms with Crippen LogP contribution in [-0.2, 0) is 15.7 Å². The molecule has 36 heavy (non-hydrogen) atoms. The minimum Gasteiger partial charge on any atom is -0.489 e. The lowest BCUT2D eigenvalue weighted by Crippen LogP contribution is -2.14. The highest BCUT2D eigenvalue weighted by Gasteiger charge is 2.50. The lowest BCUT2D eigenvalue weighted by molar-refractivity contribution is -0.384. The van der Waals surface area contributed by atoms with Crippen molar-refractivity contribution in [1.82, 2.24) is 14.3 Å². The summed E-state index contributed by atoms with van der Waals surface area (Å²) < 4.78 is 33.9. The van der Waals surface area contributed by atoms with Crippen molar-refractivity contribution in [3.05, 3.63) is 81.9 Å². The highest BCUT2D eigenvalue weighted by atomic mass is 31.2. The van der Waals surface area contributed by atoms with Gasteiger partial charge >= 0.3 is 13.4 Å². The average molecular weight is 513 g/mol. The third-order valence-corrected chi connectivity index (χ3v) is 8.45. The fraction of sp³-hybridized carbons (Fsp3) is 0.304. The number of furan rings is 1. The summed E-state index contributed by atoms with van der Waals surface area (Å²) in [7, 11) is -3.18. The smallest absolute Gasteiger partial charge is 0.346 e. The van der Waals surface area contributed by atoms with E-state index in [1.54, 1.807) is 22.3 Å². The normalized spacial score (nSPS) is 16.4. The van der Waals surface area contributed by atoms with Gasteiger partial charge in [0.15, 0.2) is 0 Å². The number of hydrogen-bond donors (Lipinski definition) is 1. The zero-order valence-corrected chi connectivity index (χ0v) is 20.3. The zero-order chi connectivity index (χ0) is 25.3. The summed E-state index contributed by atoms with van der Waals surface area (Å²) >= 11 is 0. The number of hydrogen-bond acceptors (Lipinski definition) is 8. The number of nitro groups is 1. The first kappa shape index (κ1) is 24.1. The van der Waals surface area contributed by atoms with Crippen LogP contribution in [-0.4, -0.2) is 51.3 Å². The monoisotopic (exact) mass is 513 g/mol. The Labute approximate surface area is 206 Å². The van der Waals surface area contributed by atoms with Gasteiger partial charge in [-0.25, -0.2) is 9.34 Å². The number of benzene rings is 1. The average Bonchev–Trinajstić information content (AvgIpc) is 3.80. The number of nitrogens with one attached hydrogen (secondary N) is 1. The highest BCUT2D eigenvalue weighted by molar-refractivity contribution is 7.54. The quantitative estimate of drug-likeness (QED) is 0.171. The van der Waals surface area contributed by atoms with E-state index in [4.69, 9.17) is 13.7 Å². The molecule has 2 fully saturated rings. The summed E-state index contributed by atoms with van der Waals surface area (Å²) in [5.74, 6) is -0.580. The minimum atomic E-state index is -3.18. The van der Waals surface area contributed by atoms with Gasteiger partial charge in [-0.2, -0.15) is 0 Å². The number of anilines is 1. The Balaban J connectivity index is 1.29. The van der Waals surface area contributed by atoms with E-state index in [0.717, 1.165) is 5.56 Å². The van der Waals surface area contributed by atoms with Crippen molar-refractivity contribution in [1.29, 1.82) is 0 Å². The van der Waals surface area contributed by atoms with Crippen LogP contribution in [0.1, 0.15) is 34.8 Å². The molecule has 1 aromatic carbocycles. The Morgan fingerprint density at radius 2 is 1.89 bits per heavy atom. The first-order valence-corrected chi connectivity index (χ1v) is 12.9. The Bertz CT molecular complexity index is 1310. The molecule has 1 amide bonds. The van der Waals surface area contributed by atoms with Crippen LogP contribution in [0.25, 0.3) is 0 Å². The molecule has 0 aliphatic carbocycles. The molecule has 4 heterocycles. The van der Waals surface area contributed by atoms with Crippen molar-refractivity contribution in [2.24, 2.45) is 0 Å². The van der Waals surface area contributed by atoms with Crippen molar-refractivity contribution in [2.45, 2.75) is 19.6 Å². The van der Waals surface area contributed by atoms with Gasteiger partial charge in [-0.05, 0) is 18.6 Å². The van der Waals surface area contributed by atoms with Crippen molar-refractivity contribution in [3.8, 4) is 5.75 Å². The van der Waals surface area contributed by atoms with Crippen LogP contribution in [0.5, 0.6) is 5.75 Å². The molecule has 1 atom stereocenters. The van der Waals surface area contributed by atoms with Crippen LogP contribution < -0.4 is 10.1 Å². The van der Waals surface area contributed by atoms with Gasteiger partial charge in [0, 0.05) is 38.4 Å². The second-order valence-electron chi connectivity index (χ2n) is 8.37. The molecule has 2 aliphatic heterocycles. The van der Waals surface area contributed by atoms with E-state index in [-0.39, 0.29) is 17.3 Å². The molecule has 3 aromatic rings. The number of carbonyl (C=O) groups excluding carboxylic acids is 1. The number of nitrogens with zero attached hydrogens (tertiary/aromatic N) is 4. The lowest BCUT2D eigenvalue weighted by Gasteiger charge is -2.22. The molecule has 0 bridgehead atoms. The van der Waals surface area contributed by atoms with Crippen molar-refractivity contribution in [2.75, 3.05) is 31.5 Å². The predicted molar refractivity (Wildman–Crippen MR) is 129 cm³/mol. The van der Waals surface area contributed by atoms with E-state index >= 15 is 0 Å². The van der Waals surface area contributed by atoms with Gasteiger partial charge in [0.05, 0.1) is 11.0 Å². The summed E-state index contributed by atoms with van der Waals surface area (Å²) in [6.07, 6.45) is 0.569. The van der Waals surface area contributed by atoms with Gasteiger partial charge in [0.2, 0.25) is 0 Å². The van der Waals surface area contributed by atoms with Crippen molar-refractivity contribution < 1.29 is 28.0 Å². The maximum Gasteiger partial charge on any atom is 0.346 e. The molecular formula is C23H24N5O7P.